The molecule has 0 saturated heterocycles. The quantitative estimate of drug-likeness (QED) is 0.274. The van der Waals surface area contributed by atoms with Gasteiger partial charge in [0.1, 0.15) is 5.69 Å². The molecule has 0 fully saturated rings. The molecule has 0 spiro atoms. The summed E-state index contributed by atoms with van der Waals surface area (Å²) in [5.41, 5.74) is 6.28. The molecular weight excluding hydrogens is 477 g/mol. The van der Waals surface area contributed by atoms with Crippen molar-refractivity contribution in [3.8, 4) is 5.75 Å². The van der Waals surface area contributed by atoms with Crippen LogP contribution in [0.25, 0.3) is 0 Å². The molecule has 0 aliphatic carbocycles. The van der Waals surface area contributed by atoms with E-state index in [0.717, 1.165) is 11.3 Å². The Morgan fingerprint density at radius 3 is 2.52 bits per heavy atom. The first-order valence-corrected chi connectivity index (χ1v) is 11.8. The molecule has 0 radical (unpaired) electrons. The number of nitrogens with one attached hydrogen (secondary N) is 1. The molecule has 1 heterocycles. The van der Waals surface area contributed by atoms with Gasteiger partial charge in [0.15, 0.2) is 21.6 Å². The normalized spacial score (nSPS) is 13.2. The van der Waals surface area contributed by atoms with E-state index in [1.165, 1.54) is 9.69 Å². The van der Waals surface area contributed by atoms with E-state index in [4.69, 9.17) is 28.9 Å². The van der Waals surface area contributed by atoms with Crippen molar-refractivity contribution < 1.29 is 13.5 Å². The molecule has 0 saturated carbocycles. The van der Waals surface area contributed by atoms with Gasteiger partial charge in [-0.3, -0.25) is 0 Å². The average Bonchev–Trinajstić information content (AvgIpc) is 3.05. The Bertz CT molecular complexity index is 1050. The fourth-order valence-electron chi connectivity index (χ4n) is 2.29. The van der Waals surface area contributed by atoms with Gasteiger partial charge in [0.2, 0.25) is 0 Å². The monoisotopic (exact) mass is 495 g/mol. The molecule has 0 bridgehead atoms. The molecule has 2 rings (SSSR count). The summed E-state index contributed by atoms with van der Waals surface area (Å²) < 4.78 is 28.8. The van der Waals surface area contributed by atoms with E-state index in [-0.39, 0.29) is 39.7 Å². The third kappa shape index (κ3) is 5.16. The van der Waals surface area contributed by atoms with E-state index in [0.29, 0.717) is 10.7 Å². The van der Waals surface area contributed by atoms with Crippen molar-refractivity contribution >= 4 is 80.4 Å². The van der Waals surface area contributed by atoms with Crippen molar-refractivity contribution in [1.82, 2.24) is 9.03 Å². The summed E-state index contributed by atoms with van der Waals surface area (Å²) in [6.07, 6.45) is 0. The number of benzene rings is 1. The van der Waals surface area contributed by atoms with Crippen LogP contribution in [-0.4, -0.2) is 42.6 Å². The summed E-state index contributed by atoms with van der Waals surface area (Å²) in [4.78, 5) is 8.30. The van der Waals surface area contributed by atoms with Gasteiger partial charge in [-0.25, -0.2) is 18.4 Å². The molecular formula is C16H19Cl2N5O3S3. The Morgan fingerprint density at radius 1 is 1.28 bits per heavy atom. The van der Waals surface area contributed by atoms with Gasteiger partial charge in [0, 0.05) is 18.5 Å². The number of aromatic hydroxyl groups is 1. The third-order valence-electron chi connectivity index (χ3n) is 3.75. The molecule has 0 amide bonds. The number of aliphatic imine (C=N–C) groups is 2. The highest BCUT2D eigenvalue weighted by Crippen LogP contribution is 2.41. The number of sulfonamides is 1. The van der Waals surface area contributed by atoms with Crippen LogP contribution in [-0.2, 0) is 10.0 Å². The van der Waals surface area contributed by atoms with Crippen LogP contribution < -0.4 is 10.5 Å². The molecule has 13 heteroatoms. The number of amidine groups is 2. The van der Waals surface area contributed by atoms with E-state index in [1.54, 1.807) is 32.0 Å². The molecule has 8 nitrogen and oxygen atoms in total. The van der Waals surface area contributed by atoms with E-state index >= 15 is 0 Å². The molecule has 1 aromatic carbocycles. The van der Waals surface area contributed by atoms with Crippen molar-refractivity contribution in [2.45, 2.75) is 18.1 Å². The predicted octanol–water partition coefficient (Wildman–Crippen LogP) is 3.94. The summed E-state index contributed by atoms with van der Waals surface area (Å²) >= 11 is 16.9. The number of thiophene rings is 1. The zero-order chi connectivity index (χ0) is 21.8. The second-order valence-corrected chi connectivity index (χ2v) is 9.51. The molecule has 4 N–H and O–H groups in total. The number of nitrogens with zero attached hydrogens (tertiary/aromatic N) is 3. The van der Waals surface area contributed by atoms with Gasteiger partial charge in [0.05, 0.1) is 15.7 Å². The minimum absolute atomic E-state index is 0.00706. The van der Waals surface area contributed by atoms with Gasteiger partial charge in [0.25, 0.3) is 10.0 Å². The van der Waals surface area contributed by atoms with Gasteiger partial charge in [-0.15, -0.1) is 11.3 Å². The lowest BCUT2D eigenvalue weighted by atomic mass is 10.3. The first kappa shape index (κ1) is 23.8. The molecule has 2 aromatic rings. The number of halogens is 2. The van der Waals surface area contributed by atoms with E-state index < -0.39 is 15.8 Å². The van der Waals surface area contributed by atoms with Crippen molar-refractivity contribution in [3.63, 3.8) is 0 Å². The van der Waals surface area contributed by atoms with E-state index in [1.807, 2.05) is 0 Å². The third-order valence-corrected chi connectivity index (χ3v) is 8.29. The molecule has 0 aliphatic heterocycles. The maximum Gasteiger partial charge on any atom is 0.256 e. The zero-order valence-electron chi connectivity index (χ0n) is 15.4. The second-order valence-electron chi connectivity index (χ2n) is 5.49. The fourth-order valence-corrected chi connectivity index (χ4v) is 5.60. The maximum absolute atomic E-state index is 12.6. The van der Waals surface area contributed by atoms with Crippen molar-refractivity contribution in [2.24, 2.45) is 15.7 Å². The number of hydrogen-bond acceptors (Lipinski definition) is 7. The highest BCUT2D eigenvalue weighted by molar-refractivity contribution is 7.91. The Kier molecular flexibility index (Phi) is 8.20. The Labute approximate surface area is 188 Å². The highest BCUT2D eigenvalue weighted by atomic mass is 35.5. The molecule has 0 unspecified atom stereocenters. The van der Waals surface area contributed by atoms with Crippen LogP contribution in [0, 0.1) is 0 Å². The largest absolute Gasteiger partial charge is 0.504 e. The standard InChI is InChI=1S/C16H19Cl2N5O3S3/c1-3-23(4-2)29(25,26)16-13(24)11(8-28-16)21-15(22-27)14(19)20-10-7-5-6-9(17)12(10)18/h5-8,24,27H,3-4H2,1-2H3,(H2,19,20)(H,21,22). The molecule has 158 valence electrons. The topological polar surface area (TPSA) is 120 Å². The van der Waals surface area contributed by atoms with Crippen LogP contribution in [0.1, 0.15) is 13.8 Å². The van der Waals surface area contributed by atoms with Gasteiger partial charge in [-0.1, -0.05) is 55.9 Å². The zero-order valence-corrected chi connectivity index (χ0v) is 19.5. The minimum Gasteiger partial charge on any atom is -0.504 e. The Hall–Kier alpha value is -1.50. The van der Waals surface area contributed by atoms with Gasteiger partial charge in [-0.05, 0) is 12.1 Å². The summed E-state index contributed by atoms with van der Waals surface area (Å²) in [5.74, 6) is -0.580. The number of hydrogen-bond donors (Lipinski definition) is 4. The summed E-state index contributed by atoms with van der Waals surface area (Å²) in [7, 11) is -3.83. The van der Waals surface area contributed by atoms with E-state index in [9.17, 15) is 13.5 Å². The van der Waals surface area contributed by atoms with Crippen LogP contribution >= 0.6 is 47.4 Å². The molecule has 0 atom stereocenters. The lowest BCUT2D eigenvalue weighted by Crippen LogP contribution is -2.31. The SMILES string of the molecule is CCN(CC)S(=O)(=O)c1scc(N=C(NS)C(N)=Nc2cccc(Cl)c2Cl)c1O. The number of thiol groups is 1. The first-order chi connectivity index (χ1) is 13.7. The predicted molar refractivity (Wildman–Crippen MR) is 123 cm³/mol. The molecule has 1 aromatic heterocycles. The van der Waals surface area contributed by atoms with Crippen LogP contribution in [0.4, 0.5) is 11.4 Å². The van der Waals surface area contributed by atoms with Crippen molar-refractivity contribution in [2.75, 3.05) is 13.1 Å². The van der Waals surface area contributed by atoms with Crippen LogP contribution in [0.2, 0.25) is 10.0 Å². The second kappa shape index (κ2) is 10.0. The fraction of sp³-hybridized carbons (Fsp3) is 0.250. The highest BCUT2D eigenvalue weighted by Gasteiger charge is 2.28. The van der Waals surface area contributed by atoms with Gasteiger partial charge < -0.3 is 15.6 Å². The number of rotatable bonds is 6. The van der Waals surface area contributed by atoms with Gasteiger partial charge in [-0.2, -0.15) is 4.31 Å². The van der Waals surface area contributed by atoms with Gasteiger partial charge >= 0.3 is 0 Å². The first-order valence-electron chi connectivity index (χ1n) is 8.25. The Balaban J connectivity index is 2.46. The van der Waals surface area contributed by atoms with Crippen molar-refractivity contribution in [1.29, 1.82) is 0 Å². The minimum atomic E-state index is -3.83. The average molecular weight is 496 g/mol. The van der Waals surface area contributed by atoms with E-state index in [2.05, 4.69) is 27.5 Å². The van der Waals surface area contributed by atoms with Crippen LogP contribution in [0.15, 0.2) is 37.8 Å². The maximum atomic E-state index is 12.6. The Morgan fingerprint density at radius 2 is 1.93 bits per heavy atom. The number of nitrogens with two attached hydrogens (primary N) is 1. The lowest BCUT2D eigenvalue weighted by molar-refractivity contribution is 0.434. The summed E-state index contributed by atoms with van der Waals surface area (Å²) in [6, 6.07) is 4.86. The smallest absolute Gasteiger partial charge is 0.256 e. The summed E-state index contributed by atoms with van der Waals surface area (Å²) in [6.45, 7) is 3.98. The molecule has 0 aliphatic rings. The lowest BCUT2D eigenvalue weighted by Gasteiger charge is -2.17. The molecule has 29 heavy (non-hydrogen) atoms. The van der Waals surface area contributed by atoms with Crippen LogP contribution in [0.5, 0.6) is 5.75 Å². The summed E-state index contributed by atoms with van der Waals surface area (Å²) in [5, 5.41) is 12.3. The van der Waals surface area contributed by atoms with Crippen LogP contribution in [0.3, 0.4) is 0 Å². The van der Waals surface area contributed by atoms with Crippen molar-refractivity contribution in [3.05, 3.63) is 33.6 Å².